The number of aromatic hydroxyl groups is 1. The van der Waals surface area contributed by atoms with Crippen LogP contribution in [0.3, 0.4) is 0 Å². The molecule has 0 unspecified atom stereocenters. The van der Waals surface area contributed by atoms with Crippen molar-refractivity contribution in [2.24, 2.45) is 0 Å². The number of halogens is 5. The van der Waals surface area contributed by atoms with E-state index in [-0.39, 0.29) is 49.7 Å². The molecule has 0 bridgehead atoms. The molecule has 6 nitrogen and oxygen atoms in total. The van der Waals surface area contributed by atoms with Crippen LogP contribution in [0.5, 0.6) is 5.88 Å². The second-order valence-corrected chi connectivity index (χ2v) is 8.24. The van der Waals surface area contributed by atoms with Crippen molar-refractivity contribution in [1.29, 1.82) is 0 Å². The van der Waals surface area contributed by atoms with Crippen LogP contribution < -0.4 is 0 Å². The summed E-state index contributed by atoms with van der Waals surface area (Å²) in [5.41, 5.74) is -0.888. The number of aromatic nitrogens is 4. The Morgan fingerprint density at radius 2 is 1.88 bits per heavy atom. The number of hydrogen-bond donors (Lipinski definition) is 1. The summed E-state index contributed by atoms with van der Waals surface area (Å²) in [5.74, 6) is -1.88. The molecule has 3 heterocycles. The van der Waals surface area contributed by atoms with E-state index in [1.54, 1.807) is 0 Å². The lowest BCUT2D eigenvalue weighted by molar-refractivity contribution is 0.143. The van der Waals surface area contributed by atoms with Crippen LogP contribution in [0, 0.1) is 11.6 Å². The Labute approximate surface area is 197 Å². The zero-order valence-electron chi connectivity index (χ0n) is 16.7. The van der Waals surface area contributed by atoms with Crippen LogP contribution in [0.15, 0.2) is 58.6 Å². The highest BCUT2D eigenvalue weighted by Crippen LogP contribution is 2.46. The number of rotatable bonds is 5. The summed E-state index contributed by atoms with van der Waals surface area (Å²) in [6.07, 6.45) is -1.94. The lowest BCUT2D eigenvalue weighted by atomic mass is 10.0. The highest BCUT2D eigenvalue weighted by Gasteiger charge is 2.32. The number of alkyl halides is 2. The van der Waals surface area contributed by atoms with E-state index in [0.717, 1.165) is 34.3 Å². The van der Waals surface area contributed by atoms with Crippen molar-refractivity contribution in [2.75, 3.05) is 0 Å². The van der Waals surface area contributed by atoms with Crippen LogP contribution in [0.2, 0.25) is 5.02 Å². The molecule has 0 aliphatic carbocycles. The van der Waals surface area contributed by atoms with Crippen LogP contribution in [0.4, 0.5) is 17.6 Å². The largest absolute Gasteiger partial charge is 0.493 e. The van der Waals surface area contributed by atoms with Crippen LogP contribution in [-0.4, -0.2) is 25.0 Å². The van der Waals surface area contributed by atoms with Crippen molar-refractivity contribution in [3.8, 4) is 44.7 Å². The van der Waals surface area contributed by atoms with Gasteiger partial charge in [0.15, 0.2) is 5.76 Å². The maximum Gasteiger partial charge on any atom is 0.281 e. The SMILES string of the molecule is Oc1csc(-c2c(-c3c(F)cccc3Cl)noc2-c2cnn(-c3cccc(F)c3)c2C(F)F)n1. The molecule has 5 aromatic rings. The average molecular weight is 507 g/mol. The Bertz CT molecular complexity index is 1490. The molecule has 2 aromatic carbocycles. The molecule has 0 aliphatic rings. The molecule has 1 N–H and O–H groups in total. The fourth-order valence-electron chi connectivity index (χ4n) is 3.50. The van der Waals surface area contributed by atoms with Crippen molar-refractivity contribution in [2.45, 2.75) is 6.43 Å². The zero-order valence-corrected chi connectivity index (χ0v) is 18.3. The molecule has 0 fully saturated rings. The lowest BCUT2D eigenvalue weighted by Crippen LogP contribution is -2.03. The fraction of sp³-hybridized carbons (Fsp3) is 0.0455. The van der Waals surface area contributed by atoms with Gasteiger partial charge in [0.1, 0.15) is 28.0 Å². The summed E-state index contributed by atoms with van der Waals surface area (Å²) in [5, 5.41) is 19.1. The van der Waals surface area contributed by atoms with Gasteiger partial charge in [-0.15, -0.1) is 11.3 Å². The van der Waals surface area contributed by atoms with E-state index in [1.165, 1.54) is 35.7 Å². The van der Waals surface area contributed by atoms with Gasteiger partial charge in [-0.2, -0.15) is 5.10 Å². The first-order valence-corrected chi connectivity index (χ1v) is 10.8. The van der Waals surface area contributed by atoms with E-state index in [4.69, 9.17) is 16.1 Å². The van der Waals surface area contributed by atoms with Gasteiger partial charge in [0.25, 0.3) is 6.43 Å². The third kappa shape index (κ3) is 3.72. The summed E-state index contributed by atoms with van der Waals surface area (Å²) >= 11 is 7.17. The zero-order chi connectivity index (χ0) is 24.0. The van der Waals surface area contributed by atoms with Crippen molar-refractivity contribution < 1.29 is 27.2 Å². The molecular formula is C22H11ClF4N4O2S. The second-order valence-electron chi connectivity index (χ2n) is 6.98. The first kappa shape index (κ1) is 22.1. The number of nitrogens with zero attached hydrogens (tertiary/aromatic N) is 4. The smallest absolute Gasteiger partial charge is 0.281 e. The van der Waals surface area contributed by atoms with E-state index < -0.39 is 23.8 Å². The predicted octanol–water partition coefficient (Wildman–Crippen LogP) is 6.89. The van der Waals surface area contributed by atoms with Gasteiger partial charge in [0.05, 0.1) is 39.0 Å². The van der Waals surface area contributed by atoms with E-state index in [2.05, 4.69) is 15.2 Å². The Morgan fingerprint density at radius 3 is 2.56 bits per heavy atom. The van der Waals surface area contributed by atoms with Crippen LogP contribution >= 0.6 is 22.9 Å². The highest BCUT2D eigenvalue weighted by atomic mass is 35.5. The number of thiazole rings is 1. The first-order valence-electron chi connectivity index (χ1n) is 9.56. The van der Waals surface area contributed by atoms with E-state index in [1.807, 2.05) is 0 Å². The quantitative estimate of drug-likeness (QED) is 0.263. The van der Waals surface area contributed by atoms with E-state index >= 15 is 0 Å². The molecule has 0 saturated heterocycles. The third-order valence-electron chi connectivity index (χ3n) is 4.91. The van der Waals surface area contributed by atoms with E-state index in [9.17, 15) is 22.7 Å². The standard InChI is InChI=1S/C22H11ClF4N4O2S/c23-13-5-2-6-14(25)16(13)18-17(22-29-15(32)9-34-22)20(33-30-18)12-8-28-31(19(12)21(26)27)11-4-1-3-10(24)7-11/h1-9,21,32H. The molecule has 172 valence electrons. The van der Waals surface area contributed by atoms with Gasteiger partial charge in [-0.25, -0.2) is 27.2 Å². The van der Waals surface area contributed by atoms with Gasteiger partial charge in [-0.05, 0) is 30.3 Å². The molecule has 5 rings (SSSR count). The van der Waals surface area contributed by atoms with Crippen molar-refractivity contribution in [3.05, 3.63) is 76.4 Å². The Morgan fingerprint density at radius 1 is 1.09 bits per heavy atom. The molecule has 12 heteroatoms. The van der Waals surface area contributed by atoms with Gasteiger partial charge in [0.2, 0.25) is 5.88 Å². The summed E-state index contributed by atoms with van der Waals surface area (Å²) < 4.78 is 63.2. The van der Waals surface area contributed by atoms with Gasteiger partial charge in [-0.3, -0.25) is 0 Å². The minimum atomic E-state index is -3.05. The Hall–Kier alpha value is -3.70. The van der Waals surface area contributed by atoms with Crippen LogP contribution in [0.25, 0.3) is 38.8 Å². The maximum absolute atomic E-state index is 14.7. The molecule has 0 atom stereocenters. The van der Waals surface area contributed by atoms with Gasteiger partial charge in [-0.1, -0.05) is 28.9 Å². The molecule has 34 heavy (non-hydrogen) atoms. The molecule has 3 aromatic heterocycles. The molecule has 0 saturated carbocycles. The maximum atomic E-state index is 14.7. The van der Waals surface area contributed by atoms with E-state index in [0.29, 0.717) is 0 Å². The summed E-state index contributed by atoms with van der Waals surface area (Å²) in [6, 6.07) is 8.98. The van der Waals surface area contributed by atoms with Crippen LogP contribution in [-0.2, 0) is 0 Å². The van der Waals surface area contributed by atoms with Crippen LogP contribution in [0.1, 0.15) is 12.1 Å². The van der Waals surface area contributed by atoms with Gasteiger partial charge < -0.3 is 9.63 Å². The summed E-state index contributed by atoms with van der Waals surface area (Å²) in [7, 11) is 0. The van der Waals surface area contributed by atoms with Crippen molar-refractivity contribution in [1.82, 2.24) is 19.9 Å². The number of benzene rings is 2. The molecule has 0 radical (unpaired) electrons. The topological polar surface area (TPSA) is 77.0 Å². The normalized spacial score (nSPS) is 11.5. The monoisotopic (exact) mass is 506 g/mol. The van der Waals surface area contributed by atoms with Gasteiger partial charge in [0, 0.05) is 0 Å². The Kier molecular flexibility index (Phi) is 5.58. The lowest BCUT2D eigenvalue weighted by Gasteiger charge is -2.09. The number of hydrogen-bond acceptors (Lipinski definition) is 6. The predicted molar refractivity (Wildman–Crippen MR) is 117 cm³/mol. The summed E-state index contributed by atoms with van der Waals surface area (Å²) in [4.78, 5) is 3.98. The second kappa shape index (κ2) is 8.58. The van der Waals surface area contributed by atoms with Gasteiger partial charge >= 0.3 is 0 Å². The van der Waals surface area contributed by atoms with Crippen molar-refractivity contribution >= 4 is 22.9 Å². The molecular weight excluding hydrogens is 496 g/mol. The van der Waals surface area contributed by atoms with Crippen molar-refractivity contribution in [3.63, 3.8) is 0 Å². The summed E-state index contributed by atoms with van der Waals surface area (Å²) in [6.45, 7) is 0. The Balaban J connectivity index is 1.79. The first-order chi connectivity index (χ1) is 16.3. The third-order valence-corrected chi connectivity index (χ3v) is 6.07. The molecule has 0 amide bonds. The fourth-order valence-corrected chi connectivity index (χ4v) is 4.48. The highest BCUT2D eigenvalue weighted by molar-refractivity contribution is 7.13. The molecule has 0 spiro atoms. The molecule has 0 aliphatic heterocycles. The minimum absolute atomic E-state index is 0.00594. The average Bonchev–Trinajstić information content (AvgIpc) is 3.51. The minimum Gasteiger partial charge on any atom is -0.493 e.